The number of likely N-dealkylation sites (N-methyl/N-ethyl adjacent to an activating group) is 1. The molecule has 0 saturated heterocycles. The average molecular weight is 230 g/mol. The van der Waals surface area contributed by atoms with Crippen LogP contribution in [0.3, 0.4) is 0 Å². The minimum Gasteiger partial charge on any atom is -0.395 e. The first-order chi connectivity index (χ1) is 8.31. The molecule has 0 aliphatic heterocycles. The molecule has 5 nitrogen and oxygen atoms in total. The van der Waals surface area contributed by atoms with E-state index in [1.807, 2.05) is 25.2 Å². The minimum absolute atomic E-state index is 0.0803. The summed E-state index contributed by atoms with van der Waals surface area (Å²) in [5, 5.41) is 8.88. The normalized spacial score (nSPS) is 10.2. The van der Waals surface area contributed by atoms with Crippen molar-refractivity contribution in [3.05, 3.63) is 36.8 Å². The van der Waals surface area contributed by atoms with Gasteiger partial charge in [0.25, 0.3) is 0 Å². The second-order valence-electron chi connectivity index (χ2n) is 3.63. The summed E-state index contributed by atoms with van der Waals surface area (Å²) in [5.41, 5.74) is 1.78. The van der Waals surface area contributed by atoms with Crippen molar-refractivity contribution in [1.29, 1.82) is 0 Å². The predicted octanol–water partition coefficient (Wildman–Crippen LogP) is 0.967. The first-order valence-electron chi connectivity index (χ1n) is 5.36. The first-order valence-corrected chi connectivity index (χ1v) is 5.36. The zero-order chi connectivity index (χ0) is 12.1. The van der Waals surface area contributed by atoms with E-state index in [1.54, 1.807) is 23.5 Å². The Morgan fingerprint density at radius 1 is 1.29 bits per heavy atom. The lowest BCUT2D eigenvalue weighted by molar-refractivity contribution is 0.303. The summed E-state index contributed by atoms with van der Waals surface area (Å²) in [6, 6.07) is 5.66. The van der Waals surface area contributed by atoms with Crippen LogP contribution in [0.25, 0.3) is 11.3 Å². The molecule has 1 N–H and O–H groups in total. The zero-order valence-electron chi connectivity index (χ0n) is 9.61. The molecule has 2 aromatic heterocycles. The Balaban J connectivity index is 2.29. The maximum Gasteiger partial charge on any atom is 0.225 e. The molecule has 88 valence electrons. The number of aromatic nitrogens is 3. The predicted molar refractivity (Wildman–Crippen MR) is 65.6 cm³/mol. The fourth-order valence-corrected chi connectivity index (χ4v) is 1.46. The van der Waals surface area contributed by atoms with Crippen molar-refractivity contribution in [2.75, 3.05) is 25.1 Å². The van der Waals surface area contributed by atoms with E-state index in [1.165, 1.54) is 0 Å². The Morgan fingerprint density at radius 2 is 2.18 bits per heavy atom. The molecule has 0 atom stereocenters. The number of hydrogen-bond acceptors (Lipinski definition) is 5. The van der Waals surface area contributed by atoms with E-state index in [-0.39, 0.29) is 6.61 Å². The molecule has 0 fully saturated rings. The highest BCUT2D eigenvalue weighted by Gasteiger charge is 2.05. The Bertz CT molecular complexity index is 475. The number of hydrogen-bond donors (Lipinski definition) is 1. The maximum absolute atomic E-state index is 8.88. The molecule has 5 heteroatoms. The highest BCUT2D eigenvalue weighted by Crippen LogP contribution is 2.16. The third-order valence-corrected chi connectivity index (χ3v) is 2.38. The molecule has 2 heterocycles. The molecule has 2 aromatic rings. The number of aliphatic hydroxyl groups is 1. The van der Waals surface area contributed by atoms with E-state index in [4.69, 9.17) is 5.11 Å². The molecular weight excluding hydrogens is 216 g/mol. The standard InChI is InChI=1S/C12H14N4O/c1-16(7-8-17)12-14-6-4-11(15-12)10-3-2-5-13-9-10/h2-6,9,17H,7-8H2,1H3. The van der Waals surface area contributed by atoms with Crippen molar-refractivity contribution >= 4 is 5.95 Å². The molecule has 0 unspecified atom stereocenters. The van der Waals surface area contributed by atoms with E-state index in [0.717, 1.165) is 11.3 Å². The number of anilines is 1. The lowest BCUT2D eigenvalue weighted by atomic mass is 10.2. The second kappa shape index (κ2) is 5.36. The van der Waals surface area contributed by atoms with Gasteiger partial charge in [0, 0.05) is 37.7 Å². The smallest absolute Gasteiger partial charge is 0.225 e. The molecule has 0 spiro atoms. The molecule has 17 heavy (non-hydrogen) atoms. The van der Waals surface area contributed by atoms with Crippen molar-refractivity contribution in [3.63, 3.8) is 0 Å². The zero-order valence-corrected chi connectivity index (χ0v) is 9.61. The van der Waals surface area contributed by atoms with Gasteiger partial charge in [0.05, 0.1) is 12.3 Å². The van der Waals surface area contributed by atoms with Crippen LogP contribution < -0.4 is 4.90 Å². The van der Waals surface area contributed by atoms with Crippen molar-refractivity contribution in [3.8, 4) is 11.3 Å². The van der Waals surface area contributed by atoms with Gasteiger partial charge in [0.15, 0.2) is 0 Å². The van der Waals surface area contributed by atoms with Gasteiger partial charge in [-0.05, 0) is 18.2 Å². The van der Waals surface area contributed by atoms with Crippen LogP contribution in [-0.4, -0.2) is 40.3 Å². The van der Waals surface area contributed by atoms with E-state index < -0.39 is 0 Å². The molecule has 0 aliphatic rings. The first kappa shape index (κ1) is 11.5. The van der Waals surface area contributed by atoms with E-state index in [9.17, 15) is 0 Å². The Kier molecular flexibility index (Phi) is 3.62. The summed E-state index contributed by atoms with van der Waals surface area (Å²) >= 11 is 0. The van der Waals surface area contributed by atoms with Gasteiger partial charge in [-0.2, -0.15) is 0 Å². The Labute approximate surface area is 99.8 Å². The van der Waals surface area contributed by atoms with Crippen LogP contribution >= 0.6 is 0 Å². The Hall–Kier alpha value is -2.01. The van der Waals surface area contributed by atoms with Gasteiger partial charge in [-0.25, -0.2) is 9.97 Å². The van der Waals surface area contributed by atoms with Crippen LogP contribution in [0.1, 0.15) is 0 Å². The van der Waals surface area contributed by atoms with Crippen LogP contribution in [-0.2, 0) is 0 Å². The fraction of sp³-hybridized carbons (Fsp3) is 0.250. The monoisotopic (exact) mass is 230 g/mol. The molecule has 0 bridgehead atoms. The number of aliphatic hydroxyl groups excluding tert-OH is 1. The molecule has 0 saturated carbocycles. The van der Waals surface area contributed by atoms with Crippen LogP contribution in [0.5, 0.6) is 0 Å². The van der Waals surface area contributed by atoms with E-state index in [2.05, 4.69) is 15.0 Å². The van der Waals surface area contributed by atoms with Crippen LogP contribution in [0, 0.1) is 0 Å². The second-order valence-corrected chi connectivity index (χ2v) is 3.63. The number of pyridine rings is 1. The van der Waals surface area contributed by atoms with E-state index >= 15 is 0 Å². The summed E-state index contributed by atoms with van der Waals surface area (Å²) in [4.78, 5) is 14.5. The average Bonchev–Trinajstić information content (AvgIpc) is 2.40. The molecule has 2 rings (SSSR count). The van der Waals surface area contributed by atoms with Gasteiger partial charge in [-0.15, -0.1) is 0 Å². The SMILES string of the molecule is CN(CCO)c1nccc(-c2cccnc2)n1. The van der Waals surface area contributed by atoms with Crippen LogP contribution in [0.2, 0.25) is 0 Å². The maximum atomic E-state index is 8.88. The number of rotatable bonds is 4. The lowest BCUT2D eigenvalue weighted by Gasteiger charge is -2.15. The van der Waals surface area contributed by atoms with Gasteiger partial charge in [0.1, 0.15) is 0 Å². The van der Waals surface area contributed by atoms with Gasteiger partial charge >= 0.3 is 0 Å². The largest absolute Gasteiger partial charge is 0.395 e. The fourth-order valence-electron chi connectivity index (χ4n) is 1.46. The third-order valence-electron chi connectivity index (χ3n) is 2.38. The van der Waals surface area contributed by atoms with E-state index in [0.29, 0.717) is 12.5 Å². The quantitative estimate of drug-likeness (QED) is 0.848. The molecular formula is C12H14N4O. The van der Waals surface area contributed by atoms with Gasteiger partial charge in [-0.1, -0.05) is 0 Å². The Morgan fingerprint density at radius 3 is 2.88 bits per heavy atom. The van der Waals surface area contributed by atoms with Crippen molar-refractivity contribution < 1.29 is 5.11 Å². The minimum atomic E-state index is 0.0803. The van der Waals surface area contributed by atoms with Crippen LogP contribution in [0.4, 0.5) is 5.95 Å². The highest BCUT2D eigenvalue weighted by molar-refractivity contribution is 5.58. The number of nitrogens with zero attached hydrogens (tertiary/aromatic N) is 4. The molecule has 0 radical (unpaired) electrons. The van der Waals surface area contributed by atoms with Crippen molar-refractivity contribution in [2.45, 2.75) is 0 Å². The summed E-state index contributed by atoms with van der Waals surface area (Å²) in [5.74, 6) is 0.598. The molecule has 0 amide bonds. The summed E-state index contributed by atoms with van der Waals surface area (Å²) in [7, 11) is 1.85. The highest BCUT2D eigenvalue weighted by atomic mass is 16.3. The summed E-state index contributed by atoms with van der Waals surface area (Å²) in [6.07, 6.45) is 5.19. The lowest BCUT2D eigenvalue weighted by Crippen LogP contribution is -2.23. The summed E-state index contributed by atoms with van der Waals surface area (Å²) in [6.45, 7) is 0.591. The van der Waals surface area contributed by atoms with Crippen LogP contribution in [0.15, 0.2) is 36.8 Å². The topological polar surface area (TPSA) is 62.1 Å². The van der Waals surface area contributed by atoms with Gasteiger partial charge in [0.2, 0.25) is 5.95 Å². The van der Waals surface area contributed by atoms with Gasteiger partial charge in [-0.3, -0.25) is 4.98 Å². The van der Waals surface area contributed by atoms with Crippen molar-refractivity contribution in [2.24, 2.45) is 0 Å². The molecule has 0 aliphatic carbocycles. The molecule has 0 aromatic carbocycles. The third kappa shape index (κ3) is 2.76. The van der Waals surface area contributed by atoms with Crippen molar-refractivity contribution in [1.82, 2.24) is 15.0 Å². The van der Waals surface area contributed by atoms with Gasteiger partial charge < -0.3 is 10.0 Å². The summed E-state index contributed by atoms with van der Waals surface area (Å²) < 4.78 is 0.